The third kappa shape index (κ3) is 4.91. The highest BCUT2D eigenvalue weighted by atomic mass is 35.5. The molecule has 3 rings (SSSR count). The summed E-state index contributed by atoms with van der Waals surface area (Å²) in [7, 11) is 3.19. The molecule has 1 amide bonds. The minimum Gasteiger partial charge on any atom is -0.495 e. The van der Waals surface area contributed by atoms with Crippen LogP contribution in [0.3, 0.4) is 0 Å². The van der Waals surface area contributed by atoms with Gasteiger partial charge in [0.05, 0.1) is 35.5 Å². The molecule has 6 nitrogen and oxygen atoms in total. The summed E-state index contributed by atoms with van der Waals surface area (Å²) in [6.45, 7) is 1.17. The average molecular weight is 440 g/mol. The van der Waals surface area contributed by atoms with Crippen LogP contribution in [0.25, 0.3) is 11.0 Å². The molecule has 0 saturated heterocycles. The molecular weight excluding hydrogens is 421 g/mol. The van der Waals surface area contributed by atoms with E-state index < -0.39 is 0 Å². The molecular formula is C19H19Cl2N3O3S. The second-order valence-electron chi connectivity index (χ2n) is 5.86. The normalized spacial score (nSPS) is 11.0. The summed E-state index contributed by atoms with van der Waals surface area (Å²) in [5, 5.41) is 4.62. The van der Waals surface area contributed by atoms with Gasteiger partial charge in [-0.2, -0.15) is 0 Å². The van der Waals surface area contributed by atoms with E-state index in [0.717, 1.165) is 16.2 Å². The molecule has 0 fully saturated rings. The molecule has 1 aromatic heterocycles. The number of halogens is 2. The van der Waals surface area contributed by atoms with Crippen LogP contribution >= 0.6 is 35.0 Å². The molecule has 9 heteroatoms. The summed E-state index contributed by atoms with van der Waals surface area (Å²) < 4.78 is 12.3. The molecule has 148 valence electrons. The number of nitrogens with zero attached hydrogens (tertiary/aromatic N) is 2. The first-order chi connectivity index (χ1) is 13.5. The summed E-state index contributed by atoms with van der Waals surface area (Å²) in [6.07, 6.45) is 0. The lowest BCUT2D eigenvalue weighted by Gasteiger charge is -2.09. The Balaban J connectivity index is 1.71. The van der Waals surface area contributed by atoms with Gasteiger partial charge in [-0.1, -0.05) is 35.0 Å². The van der Waals surface area contributed by atoms with E-state index in [1.165, 1.54) is 11.8 Å². The molecule has 3 aromatic rings. The third-order valence-electron chi connectivity index (χ3n) is 3.96. The maximum absolute atomic E-state index is 12.4. The van der Waals surface area contributed by atoms with Crippen molar-refractivity contribution in [3.8, 4) is 5.75 Å². The molecule has 0 atom stereocenters. The highest BCUT2D eigenvalue weighted by molar-refractivity contribution is 7.99. The van der Waals surface area contributed by atoms with Crippen molar-refractivity contribution in [2.75, 3.05) is 31.9 Å². The van der Waals surface area contributed by atoms with Gasteiger partial charge in [0.15, 0.2) is 5.16 Å². The van der Waals surface area contributed by atoms with Crippen LogP contribution in [0.1, 0.15) is 0 Å². The van der Waals surface area contributed by atoms with Crippen LogP contribution in [0.4, 0.5) is 5.69 Å². The van der Waals surface area contributed by atoms with Crippen molar-refractivity contribution >= 4 is 57.6 Å². The molecule has 1 heterocycles. The summed E-state index contributed by atoms with van der Waals surface area (Å²) >= 11 is 13.5. The van der Waals surface area contributed by atoms with E-state index in [0.29, 0.717) is 34.6 Å². The second kappa shape index (κ2) is 9.52. The van der Waals surface area contributed by atoms with Gasteiger partial charge in [-0.25, -0.2) is 4.98 Å². The Bertz CT molecular complexity index is 994. The van der Waals surface area contributed by atoms with Crippen molar-refractivity contribution in [3.63, 3.8) is 0 Å². The molecule has 2 aromatic carbocycles. The fraction of sp³-hybridized carbons (Fsp3) is 0.263. The highest BCUT2D eigenvalue weighted by Crippen LogP contribution is 2.28. The smallest absolute Gasteiger partial charge is 0.234 e. The van der Waals surface area contributed by atoms with Crippen molar-refractivity contribution in [1.82, 2.24) is 9.55 Å². The lowest BCUT2D eigenvalue weighted by atomic mass is 10.3. The fourth-order valence-electron chi connectivity index (χ4n) is 2.66. The average Bonchev–Trinajstić information content (AvgIpc) is 3.01. The van der Waals surface area contributed by atoms with Gasteiger partial charge in [0, 0.05) is 24.4 Å². The van der Waals surface area contributed by atoms with Crippen molar-refractivity contribution in [2.45, 2.75) is 11.7 Å². The number of ether oxygens (including phenoxy) is 2. The quantitative estimate of drug-likeness (QED) is 0.513. The third-order valence-corrected chi connectivity index (χ3v) is 5.47. The summed E-state index contributed by atoms with van der Waals surface area (Å²) in [5.41, 5.74) is 2.34. The minimum atomic E-state index is -0.158. The van der Waals surface area contributed by atoms with Crippen LogP contribution in [0, 0.1) is 0 Å². The Hall–Kier alpha value is -1.93. The summed E-state index contributed by atoms with van der Waals surface area (Å²) in [5.74, 6) is 0.599. The Morgan fingerprint density at radius 1 is 1.21 bits per heavy atom. The minimum absolute atomic E-state index is 0.158. The van der Waals surface area contributed by atoms with Crippen LogP contribution in [-0.2, 0) is 16.1 Å². The number of hydrogen-bond donors (Lipinski definition) is 1. The zero-order chi connectivity index (χ0) is 20.1. The molecule has 28 heavy (non-hydrogen) atoms. The molecule has 0 aliphatic carbocycles. The highest BCUT2D eigenvalue weighted by Gasteiger charge is 2.14. The topological polar surface area (TPSA) is 65.4 Å². The predicted molar refractivity (Wildman–Crippen MR) is 114 cm³/mol. The number of imidazole rings is 1. The van der Waals surface area contributed by atoms with Gasteiger partial charge in [0.1, 0.15) is 5.75 Å². The van der Waals surface area contributed by atoms with Crippen LogP contribution < -0.4 is 10.1 Å². The molecule has 0 aliphatic rings. The number of rotatable bonds is 8. The van der Waals surface area contributed by atoms with E-state index in [1.807, 2.05) is 22.8 Å². The van der Waals surface area contributed by atoms with Gasteiger partial charge in [-0.3, -0.25) is 4.79 Å². The first kappa shape index (κ1) is 20.8. The van der Waals surface area contributed by atoms with Crippen LogP contribution in [0.15, 0.2) is 41.6 Å². The van der Waals surface area contributed by atoms with E-state index in [2.05, 4.69) is 10.3 Å². The Morgan fingerprint density at radius 3 is 2.75 bits per heavy atom. The standard InChI is InChI=1S/C19H19Cl2N3O3S/c1-26-8-7-24-16-5-3-12(20)9-15(16)23-19(24)28-11-18(25)22-13-4-6-17(27-2)14(21)10-13/h3-6,9-10H,7-8,11H2,1-2H3,(H,22,25). The van der Waals surface area contributed by atoms with Gasteiger partial charge >= 0.3 is 0 Å². The van der Waals surface area contributed by atoms with E-state index >= 15 is 0 Å². The van der Waals surface area contributed by atoms with Gasteiger partial charge in [-0.05, 0) is 36.4 Å². The first-order valence-electron chi connectivity index (χ1n) is 8.42. The van der Waals surface area contributed by atoms with Gasteiger partial charge < -0.3 is 19.4 Å². The Labute approximate surface area is 177 Å². The fourth-order valence-corrected chi connectivity index (χ4v) is 3.93. The lowest BCUT2D eigenvalue weighted by Crippen LogP contribution is -2.15. The molecule has 0 unspecified atom stereocenters. The Kier molecular flexibility index (Phi) is 7.07. The largest absolute Gasteiger partial charge is 0.495 e. The number of carbonyl (C=O) groups excluding carboxylic acids is 1. The van der Waals surface area contributed by atoms with Crippen LogP contribution in [-0.4, -0.2) is 42.0 Å². The molecule has 0 aliphatic heterocycles. The van der Waals surface area contributed by atoms with Crippen molar-refractivity contribution in [3.05, 3.63) is 46.4 Å². The van der Waals surface area contributed by atoms with Crippen molar-refractivity contribution in [2.24, 2.45) is 0 Å². The summed E-state index contributed by atoms with van der Waals surface area (Å²) in [4.78, 5) is 17.0. The number of aromatic nitrogens is 2. The van der Waals surface area contributed by atoms with Crippen molar-refractivity contribution in [1.29, 1.82) is 0 Å². The van der Waals surface area contributed by atoms with E-state index in [9.17, 15) is 4.79 Å². The number of methoxy groups -OCH3 is 2. The molecule has 0 spiro atoms. The zero-order valence-corrected chi connectivity index (χ0v) is 17.7. The van der Waals surface area contributed by atoms with Crippen LogP contribution in [0.5, 0.6) is 5.75 Å². The lowest BCUT2D eigenvalue weighted by molar-refractivity contribution is -0.113. The monoisotopic (exact) mass is 439 g/mol. The van der Waals surface area contributed by atoms with E-state index in [4.69, 9.17) is 32.7 Å². The van der Waals surface area contributed by atoms with Gasteiger partial charge in [0.2, 0.25) is 5.91 Å². The molecule has 0 bridgehead atoms. The predicted octanol–water partition coefficient (Wildman–Crippen LogP) is 4.73. The van der Waals surface area contributed by atoms with E-state index in [1.54, 1.807) is 32.4 Å². The number of hydrogen-bond acceptors (Lipinski definition) is 5. The molecule has 0 saturated carbocycles. The van der Waals surface area contributed by atoms with Gasteiger partial charge in [0.25, 0.3) is 0 Å². The SMILES string of the molecule is COCCn1c(SCC(=O)Nc2ccc(OC)c(Cl)c2)nc2cc(Cl)ccc21. The number of thioether (sulfide) groups is 1. The number of nitrogens with one attached hydrogen (secondary N) is 1. The number of amides is 1. The maximum Gasteiger partial charge on any atom is 0.234 e. The second-order valence-corrected chi connectivity index (χ2v) is 7.64. The number of carbonyl (C=O) groups is 1. The summed E-state index contributed by atoms with van der Waals surface area (Å²) in [6, 6.07) is 10.7. The molecule has 0 radical (unpaired) electrons. The van der Waals surface area contributed by atoms with Gasteiger partial charge in [-0.15, -0.1) is 0 Å². The first-order valence-corrected chi connectivity index (χ1v) is 10.2. The number of fused-ring (bicyclic) bond motifs is 1. The van der Waals surface area contributed by atoms with E-state index in [-0.39, 0.29) is 11.7 Å². The Morgan fingerprint density at radius 2 is 2.04 bits per heavy atom. The zero-order valence-electron chi connectivity index (χ0n) is 15.4. The number of benzene rings is 2. The maximum atomic E-state index is 12.4. The van der Waals surface area contributed by atoms with Crippen LogP contribution in [0.2, 0.25) is 10.0 Å². The number of anilines is 1. The molecule has 1 N–H and O–H groups in total. The van der Waals surface area contributed by atoms with Crippen molar-refractivity contribution < 1.29 is 14.3 Å².